The van der Waals surface area contributed by atoms with Crippen molar-refractivity contribution in [2.24, 2.45) is 0 Å². The molecule has 16 heavy (non-hydrogen) atoms. The molecule has 82 valence electrons. The molecule has 2 aromatic rings. The van der Waals surface area contributed by atoms with Gasteiger partial charge in [0.15, 0.2) is 0 Å². The van der Waals surface area contributed by atoms with Crippen LogP contribution in [0, 0.1) is 5.82 Å². The molecular formula is C10H7BrFN3O. The predicted octanol–water partition coefficient (Wildman–Crippen LogP) is 2.56. The Morgan fingerprint density at radius 1 is 1.50 bits per heavy atom. The quantitative estimate of drug-likeness (QED) is 0.890. The van der Waals surface area contributed by atoms with Gasteiger partial charge in [0.2, 0.25) is 0 Å². The molecule has 1 aromatic heterocycles. The van der Waals surface area contributed by atoms with E-state index < -0.39 is 5.82 Å². The zero-order valence-electron chi connectivity index (χ0n) is 8.00. The lowest BCUT2D eigenvalue weighted by Crippen LogP contribution is -2.11. The van der Waals surface area contributed by atoms with Crippen LogP contribution in [0.2, 0.25) is 0 Å². The van der Waals surface area contributed by atoms with Gasteiger partial charge >= 0.3 is 0 Å². The van der Waals surface area contributed by atoms with Crippen LogP contribution >= 0.6 is 15.9 Å². The molecule has 0 saturated carbocycles. The van der Waals surface area contributed by atoms with Crippen LogP contribution in [-0.4, -0.2) is 16.1 Å². The molecule has 0 unspecified atom stereocenters. The molecule has 1 amide bonds. The van der Waals surface area contributed by atoms with Crippen LogP contribution in [0.1, 0.15) is 10.4 Å². The highest BCUT2D eigenvalue weighted by atomic mass is 79.9. The number of carbonyl (C=O) groups is 1. The van der Waals surface area contributed by atoms with Crippen molar-refractivity contribution in [1.29, 1.82) is 0 Å². The van der Waals surface area contributed by atoms with Gasteiger partial charge in [0.05, 0.1) is 16.4 Å². The number of nitrogens with zero attached hydrogens (tertiary/aromatic N) is 1. The lowest BCUT2D eigenvalue weighted by atomic mass is 10.2. The Kier molecular flexibility index (Phi) is 3.00. The SMILES string of the molecule is O=C(Nc1cn[nH]c1)c1ccc(Br)c(F)c1. The van der Waals surface area contributed by atoms with Crippen molar-refractivity contribution in [3.8, 4) is 0 Å². The predicted molar refractivity (Wildman–Crippen MR) is 60.6 cm³/mol. The van der Waals surface area contributed by atoms with E-state index in [0.717, 1.165) is 0 Å². The third kappa shape index (κ3) is 2.27. The molecule has 0 spiro atoms. The number of benzene rings is 1. The number of hydrogen-bond donors (Lipinski definition) is 2. The maximum atomic E-state index is 13.2. The molecule has 4 nitrogen and oxygen atoms in total. The summed E-state index contributed by atoms with van der Waals surface area (Å²) < 4.78 is 13.5. The second-order valence-corrected chi connectivity index (χ2v) is 3.92. The van der Waals surface area contributed by atoms with Gasteiger partial charge in [-0.25, -0.2) is 4.39 Å². The maximum Gasteiger partial charge on any atom is 0.255 e. The average molecular weight is 284 g/mol. The van der Waals surface area contributed by atoms with Crippen molar-refractivity contribution < 1.29 is 9.18 Å². The average Bonchev–Trinajstić information content (AvgIpc) is 2.74. The number of aromatic nitrogens is 2. The zero-order valence-corrected chi connectivity index (χ0v) is 9.58. The van der Waals surface area contributed by atoms with Crippen molar-refractivity contribution in [1.82, 2.24) is 10.2 Å². The first-order valence-electron chi connectivity index (χ1n) is 4.42. The minimum Gasteiger partial charge on any atom is -0.319 e. The third-order valence-electron chi connectivity index (χ3n) is 1.94. The summed E-state index contributed by atoms with van der Waals surface area (Å²) in [5, 5.41) is 8.81. The van der Waals surface area contributed by atoms with Gasteiger partial charge in [-0.2, -0.15) is 5.10 Å². The molecule has 2 rings (SSSR count). The summed E-state index contributed by atoms with van der Waals surface area (Å²) in [5.41, 5.74) is 0.787. The number of rotatable bonds is 2. The number of aromatic amines is 1. The molecule has 6 heteroatoms. The molecule has 1 aromatic carbocycles. The Bertz CT molecular complexity index is 513. The Balaban J connectivity index is 2.18. The fourth-order valence-electron chi connectivity index (χ4n) is 1.16. The maximum absolute atomic E-state index is 13.2. The zero-order chi connectivity index (χ0) is 11.5. The number of halogens is 2. The van der Waals surface area contributed by atoms with Crippen molar-refractivity contribution in [2.75, 3.05) is 5.32 Å². The van der Waals surface area contributed by atoms with E-state index in [2.05, 4.69) is 31.4 Å². The molecule has 2 N–H and O–H groups in total. The first-order chi connectivity index (χ1) is 7.66. The minimum absolute atomic E-state index is 0.252. The van der Waals surface area contributed by atoms with Gasteiger partial charge in [0.25, 0.3) is 5.91 Å². The van der Waals surface area contributed by atoms with Gasteiger partial charge in [-0.15, -0.1) is 0 Å². The minimum atomic E-state index is -0.472. The number of carbonyl (C=O) groups excluding carboxylic acids is 1. The van der Waals surface area contributed by atoms with E-state index in [9.17, 15) is 9.18 Å². The van der Waals surface area contributed by atoms with E-state index in [1.807, 2.05) is 0 Å². The van der Waals surface area contributed by atoms with Crippen LogP contribution in [0.25, 0.3) is 0 Å². The highest BCUT2D eigenvalue weighted by Crippen LogP contribution is 2.17. The summed E-state index contributed by atoms with van der Waals surface area (Å²) in [6.07, 6.45) is 3.00. The summed E-state index contributed by atoms with van der Waals surface area (Å²) in [5.74, 6) is -0.854. The van der Waals surface area contributed by atoms with Gasteiger partial charge in [-0.3, -0.25) is 9.89 Å². The van der Waals surface area contributed by atoms with Gasteiger partial charge in [0, 0.05) is 11.8 Å². The second kappa shape index (κ2) is 4.44. The van der Waals surface area contributed by atoms with E-state index in [4.69, 9.17) is 0 Å². The molecule has 0 radical (unpaired) electrons. The normalized spacial score (nSPS) is 10.1. The van der Waals surface area contributed by atoms with Crippen molar-refractivity contribution in [3.63, 3.8) is 0 Å². The van der Waals surface area contributed by atoms with Crippen LogP contribution in [-0.2, 0) is 0 Å². The fourth-order valence-corrected chi connectivity index (χ4v) is 1.41. The number of H-pyrrole nitrogens is 1. The van der Waals surface area contributed by atoms with Crippen LogP contribution < -0.4 is 5.32 Å². The summed E-state index contributed by atoms with van der Waals surface area (Å²) in [6.45, 7) is 0. The Hall–Kier alpha value is -1.69. The van der Waals surface area contributed by atoms with E-state index >= 15 is 0 Å². The first-order valence-corrected chi connectivity index (χ1v) is 5.21. The van der Waals surface area contributed by atoms with E-state index in [1.54, 1.807) is 0 Å². The summed E-state index contributed by atoms with van der Waals surface area (Å²) >= 11 is 3.02. The fraction of sp³-hybridized carbons (Fsp3) is 0. The van der Waals surface area contributed by atoms with Gasteiger partial charge in [-0.05, 0) is 34.1 Å². The van der Waals surface area contributed by atoms with Crippen LogP contribution in [0.5, 0.6) is 0 Å². The monoisotopic (exact) mass is 283 g/mol. The number of nitrogens with one attached hydrogen (secondary N) is 2. The lowest BCUT2D eigenvalue weighted by Gasteiger charge is -2.02. The molecule has 0 atom stereocenters. The number of anilines is 1. The summed E-state index contributed by atoms with van der Waals surface area (Å²) in [7, 11) is 0. The third-order valence-corrected chi connectivity index (χ3v) is 2.58. The molecule has 0 aliphatic carbocycles. The van der Waals surface area contributed by atoms with Gasteiger partial charge in [-0.1, -0.05) is 0 Å². The summed E-state index contributed by atoms with van der Waals surface area (Å²) in [6, 6.07) is 4.18. The van der Waals surface area contributed by atoms with Crippen LogP contribution in [0.4, 0.5) is 10.1 Å². The van der Waals surface area contributed by atoms with Crippen LogP contribution in [0.15, 0.2) is 35.1 Å². The molecule has 0 saturated heterocycles. The van der Waals surface area contributed by atoms with Gasteiger partial charge < -0.3 is 5.32 Å². The Labute approximate surface area is 99.0 Å². The number of amides is 1. The second-order valence-electron chi connectivity index (χ2n) is 3.07. The van der Waals surface area contributed by atoms with E-state index in [-0.39, 0.29) is 11.5 Å². The Morgan fingerprint density at radius 3 is 2.94 bits per heavy atom. The standard InChI is InChI=1S/C10H7BrFN3O/c11-8-2-1-6(3-9(8)12)10(16)15-7-4-13-14-5-7/h1-5H,(H,13,14)(H,15,16). The smallest absolute Gasteiger partial charge is 0.255 e. The van der Waals surface area contributed by atoms with Gasteiger partial charge in [0.1, 0.15) is 5.82 Å². The van der Waals surface area contributed by atoms with Crippen molar-refractivity contribution in [2.45, 2.75) is 0 Å². The Morgan fingerprint density at radius 2 is 2.31 bits per heavy atom. The largest absolute Gasteiger partial charge is 0.319 e. The van der Waals surface area contributed by atoms with E-state index in [1.165, 1.54) is 30.6 Å². The van der Waals surface area contributed by atoms with Crippen LogP contribution in [0.3, 0.4) is 0 Å². The first kappa shape index (κ1) is 10.8. The molecule has 1 heterocycles. The van der Waals surface area contributed by atoms with Crippen molar-refractivity contribution >= 4 is 27.5 Å². The molecule has 0 aliphatic rings. The highest BCUT2D eigenvalue weighted by Gasteiger charge is 2.09. The molecular weight excluding hydrogens is 277 g/mol. The molecule has 0 aliphatic heterocycles. The topological polar surface area (TPSA) is 57.8 Å². The van der Waals surface area contributed by atoms with Crippen molar-refractivity contribution in [3.05, 3.63) is 46.4 Å². The van der Waals surface area contributed by atoms with E-state index in [0.29, 0.717) is 10.2 Å². The number of hydrogen-bond acceptors (Lipinski definition) is 2. The lowest BCUT2D eigenvalue weighted by molar-refractivity contribution is 0.102. The molecule has 0 fully saturated rings. The molecule has 0 bridgehead atoms. The summed E-state index contributed by atoms with van der Waals surface area (Å²) in [4.78, 5) is 11.6. The highest BCUT2D eigenvalue weighted by molar-refractivity contribution is 9.10.